The van der Waals surface area contributed by atoms with E-state index in [0.717, 1.165) is 11.8 Å². The predicted octanol–water partition coefficient (Wildman–Crippen LogP) is 0.920. The first-order chi connectivity index (χ1) is 6.16. The quantitative estimate of drug-likeness (QED) is 0.686. The van der Waals surface area contributed by atoms with Crippen LogP contribution >= 0.6 is 0 Å². The molecule has 0 saturated heterocycles. The molecule has 1 rings (SSSR count). The van der Waals surface area contributed by atoms with Gasteiger partial charge >= 0.3 is 0 Å². The molecule has 3 nitrogen and oxygen atoms in total. The van der Waals surface area contributed by atoms with Crippen molar-refractivity contribution in [3.63, 3.8) is 0 Å². The van der Waals surface area contributed by atoms with E-state index < -0.39 is 0 Å². The lowest BCUT2D eigenvalue weighted by Crippen LogP contribution is -2.01. The number of amides is 1. The van der Waals surface area contributed by atoms with Crippen LogP contribution in [0.15, 0.2) is 30.3 Å². The highest BCUT2D eigenvalue weighted by atomic mass is 16.1. The zero-order chi connectivity index (χ0) is 10.1. The van der Waals surface area contributed by atoms with Gasteiger partial charge in [-0.15, -0.1) is 0 Å². The summed E-state index contributed by atoms with van der Waals surface area (Å²) in [5, 5.41) is 0. The molecule has 0 spiro atoms. The van der Waals surface area contributed by atoms with Crippen LogP contribution in [0.25, 0.3) is 0 Å². The fraction of sp³-hybridized carbons (Fsp3) is 0.200. The number of aldehydes is 1. The van der Waals surface area contributed by atoms with Gasteiger partial charge in [0.25, 0.3) is 0 Å². The maximum Gasteiger partial charge on any atom is 0.214 e. The van der Waals surface area contributed by atoms with Crippen molar-refractivity contribution in [3.05, 3.63) is 35.9 Å². The second kappa shape index (κ2) is 7.03. The van der Waals surface area contributed by atoms with Gasteiger partial charge in [-0.3, -0.25) is 4.79 Å². The van der Waals surface area contributed by atoms with Gasteiger partial charge in [0, 0.05) is 13.3 Å². The van der Waals surface area contributed by atoms with Crippen molar-refractivity contribution in [2.45, 2.75) is 13.3 Å². The van der Waals surface area contributed by atoms with E-state index in [1.807, 2.05) is 30.3 Å². The Morgan fingerprint density at radius 2 is 1.85 bits per heavy atom. The molecule has 2 N–H and O–H groups in total. The number of primary amides is 1. The summed E-state index contributed by atoms with van der Waals surface area (Å²) in [7, 11) is 0. The van der Waals surface area contributed by atoms with Gasteiger partial charge in [0.2, 0.25) is 5.91 Å². The molecule has 1 aromatic rings. The van der Waals surface area contributed by atoms with E-state index in [1.165, 1.54) is 6.92 Å². The average Bonchev–Trinajstić information content (AvgIpc) is 2.06. The zero-order valence-corrected chi connectivity index (χ0v) is 7.57. The van der Waals surface area contributed by atoms with Crippen LogP contribution < -0.4 is 5.73 Å². The highest BCUT2D eigenvalue weighted by Crippen LogP contribution is 1.96. The number of carbonyl (C=O) groups is 2. The summed E-state index contributed by atoms with van der Waals surface area (Å²) < 4.78 is 0. The Morgan fingerprint density at radius 3 is 2.23 bits per heavy atom. The number of nitrogens with two attached hydrogens (primary N) is 1. The molecular weight excluding hydrogens is 166 g/mol. The summed E-state index contributed by atoms with van der Waals surface area (Å²) in [5.41, 5.74) is 5.55. The molecule has 0 heterocycles. The third kappa shape index (κ3) is 8.26. The third-order valence-corrected chi connectivity index (χ3v) is 1.16. The van der Waals surface area contributed by atoms with Crippen molar-refractivity contribution >= 4 is 12.2 Å². The topological polar surface area (TPSA) is 60.2 Å². The lowest BCUT2D eigenvalue weighted by Gasteiger charge is -1.89. The maximum absolute atomic E-state index is 9.97. The summed E-state index contributed by atoms with van der Waals surface area (Å²) in [6.07, 6.45) is 1.44. The largest absolute Gasteiger partial charge is 0.370 e. The van der Waals surface area contributed by atoms with Crippen molar-refractivity contribution in [2.75, 3.05) is 0 Å². The lowest BCUT2D eigenvalue weighted by atomic mass is 10.2. The van der Waals surface area contributed by atoms with Gasteiger partial charge in [0.1, 0.15) is 6.29 Å². The van der Waals surface area contributed by atoms with Crippen LogP contribution in [0.3, 0.4) is 0 Å². The summed E-state index contributed by atoms with van der Waals surface area (Å²) in [5.74, 6) is -0.333. The molecule has 0 aliphatic carbocycles. The summed E-state index contributed by atoms with van der Waals surface area (Å²) in [4.78, 5) is 19.2. The number of hydrogen-bond acceptors (Lipinski definition) is 2. The van der Waals surface area contributed by atoms with E-state index in [9.17, 15) is 9.59 Å². The first-order valence-corrected chi connectivity index (χ1v) is 3.90. The Bertz CT molecular complexity index is 253. The van der Waals surface area contributed by atoms with E-state index in [-0.39, 0.29) is 5.91 Å². The SMILES string of the molecule is CC(N)=O.O=CCc1ccccc1. The number of carbonyl (C=O) groups excluding carboxylic acids is 2. The molecular formula is C10H13NO2. The zero-order valence-electron chi connectivity index (χ0n) is 7.57. The second-order valence-electron chi connectivity index (χ2n) is 2.47. The van der Waals surface area contributed by atoms with Crippen LogP contribution in [0, 0.1) is 0 Å². The molecule has 0 atom stereocenters. The first kappa shape index (κ1) is 11.4. The molecule has 0 aliphatic rings. The molecule has 1 amide bonds. The minimum absolute atomic E-state index is 0.333. The van der Waals surface area contributed by atoms with Gasteiger partial charge < -0.3 is 10.5 Å². The van der Waals surface area contributed by atoms with Crippen molar-refractivity contribution in [1.29, 1.82) is 0 Å². The van der Waals surface area contributed by atoms with Gasteiger partial charge in [0.05, 0.1) is 0 Å². The number of hydrogen-bond donors (Lipinski definition) is 1. The lowest BCUT2D eigenvalue weighted by molar-refractivity contribution is -0.116. The Hall–Kier alpha value is -1.64. The van der Waals surface area contributed by atoms with Crippen LogP contribution in [0.1, 0.15) is 12.5 Å². The van der Waals surface area contributed by atoms with Gasteiger partial charge in [-0.05, 0) is 5.56 Å². The first-order valence-electron chi connectivity index (χ1n) is 3.90. The predicted molar refractivity (Wildman–Crippen MR) is 51.1 cm³/mol. The Labute approximate surface area is 77.6 Å². The highest BCUT2D eigenvalue weighted by Gasteiger charge is 1.84. The minimum Gasteiger partial charge on any atom is -0.370 e. The summed E-state index contributed by atoms with van der Waals surface area (Å²) in [6.45, 7) is 1.31. The summed E-state index contributed by atoms with van der Waals surface area (Å²) >= 11 is 0. The van der Waals surface area contributed by atoms with E-state index in [4.69, 9.17) is 0 Å². The molecule has 13 heavy (non-hydrogen) atoms. The second-order valence-corrected chi connectivity index (χ2v) is 2.47. The molecule has 1 aromatic carbocycles. The van der Waals surface area contributed by atoms with Crippen LogP contribution in [-0.2, 0) is 16.0 Å². The van der Waals surface area contributed by atoms with Crippen molar-refractivity contribution in [3.8, 4) is 0 Å². The van der Waals surface area contributed by atoms with E-state index in [2.05, 4.69) is 5.73 Å². The molecule has 0 fully saturated rings. The average molecular weight is 179 g/mol. The smallest absolute Gasteiger partial charge is 0.214 e. The maximum atomic E-state index is 9.97. The fourth-order valence-corrected chi connectivity index (χ4v) is 0.710. The molecule has 0 saturated carbocycles. The molecule has 0 radical (unpaired) electrons. The van der Waals surface area contributed by atoms with Gasteiger partial charge in [-0.2, -0.15) is 0 Å². The number of rotatable bonds is 2. The monoisotopic (exact) mass is 179 g/mol. The molecule has 0 aromatic heterocycles. The number of benzene rings is 1. The van der Waals surface area contributed by atoms with Crippen LogP contribution in [0.2, 0.25) is 0 Å². The Balaban J connectivity index is 0.000000310. The standard InChI is InChI=1S/C8H8O.C2H5NO/c9-7-6-8-4-2-1-3-5-8;1-2(3)4/h1-5,7H,6H2;1H3,(H2,3,4). The summed E-state index contributed by atoms with van der Waals surface area (Å²) in [6, 6.07) is 9.68. The Morgan fingerprint density at radius 1 is 1.38 bits per heavy atom. The van der Waals surface area contributed by atoms with E-state index >= 15 is 0 Å². The van der Waals surface area contributed by atoms with E-state index in [0.29, 0.717) is 6.42 Å². The molecule has 0 aliphatic heterocycles. The molecule has 70 valence electrons. The van der Waals surface area contributed by atoms with Gasteiger partial charge in [0.15, 0.2) is 0 Å². The minimum atomic E-state index is -0.333. The van der Waals surface area contributed by atoms with Gasteiger partial charge in [-0.1, -0.05) is 30.3 Å². The molecule has 0 bridgehead atoms. The van der Waals surface area contributed by atoms with Crippen molar-refractivity contribution in [1.82, 2.24) is 0 Å². The molecule has 0 unspecified atom stereocenters. The fourth-order valence-electron chi connectivity index (χ4n) is 0.710. The van der Waals surface area contributed by atoms with Crippen molar-refractivity contribution < 1.29 is 9.59 Å². The normalized spacial score (nSPS) is 8.08. The van der Waals surface area contributed by atoms with Crippen molar-refractivity contribution in [2.24, 2.45) is 5.73 Å². The van der Waals surface area contributed by atoms with Crippen LogP contribution in [-0.4, -0.2) is 12.2 Å². The van der Waals surface area contributed by atoms with Crippen LogP contribution in [0.4, 0.5) is 0 Å². The highest BCUT2D eigenvalue weighted by molar-refractivity contribution is 5.70. The van der Waals surface area contributed by atoms with Crippen LogP contribution in [0.5, 0.6) is 0 Å². The van der Waals surface area contributed by atoms with Gasteiger partial charge in [-0.25, -0.2) is 0 Å². The van der Waals surface area contributed by atoms with E-state index in [1.54, 1.807) is 0 Å². The third-order valence-electron chi connectivity index (χ3n) is 1.16. The Kier molecular flexibility index (Phi) is 6.15. The molecule has 3 heteroatoms.